The van der Waals surface area contributed by atoms with Crippen LogP contribution < -0.4 is 15.4 Å². The zero-order valence-corrected chi connectivity index (χ0v) is 15.7. The first-order valence-electron chi connectivity index (χ1n) is 8.76. The van der Waals surface area contributed by atoms with Gasteiger partial charge in [0.15, 0.2) is 0 Å². The van der Waals surface area contributed by atoms with Crippen molar-refractivity contribution in [1.82, 2.24) is 4.98 Å². The van der Waals surface area contributed by atoms with Gasteiger partial charge in [-0.3, -0.25) is 4.79 Å². The lowest BCUT2D eigenvalue weighted by Gasteiger charge is -2.09. The Labute approximate surface area is 159 Å². The molecule has 0 saturated heterocycles. The van der Waals surface area contributed by atoms with Crippen molar-refractivity contribution < 1.29 is 9.53 Å². The van der Waals surface area contributed by atoms with E-state index in [-0.39, 0.29) is 5.91 Å². The molecular formula is C22H23N3O2. The maximum Gasteiger partial charge on any atom is 0.228 e. The molecule has 3 aromatic rings. The summed E-state index contributed by atoms with van der Waals surface area (Å²) < 4.78 is 5.12. The molecule has 3 rings (SSSR count). The van der Waals surface area contributed by atoms with Gasteiger partial charge in [-0.15, -0.1) is 0 Å². The molecule has 0 spiro atoms. The smallest absolute Gasteiger partial charge is 0.228 e. The number of nitrogens with zero attached hydrogens (tertiary/aromatic N) is 1. The third kappa shape index (κ3) is 5.31. The Morgan fingerprint density at radius 2 is 1.67 bits per heavy atom. The summed E-state index contributed by atoms with van der Waals surface area (Å²) in [5, 5.41) is 6.15. The Kier molecular flexibility index (Phi) is 5.71. The number of anilines is 3. The molecule has 1 amide bonds. The van der Waals surface area contributed by atoms with E-state index in [1.165, 1.54) is 11.1 Å². The summed E-state index contributed by atoms with van der Waals surface area (Å²) in [4.78, 5) is 16.6. The molecule has 1 heterocycles. The van der Waals surface area contributed by atoms with Gasteiger partial charge in [0.1, 0.15) is 11.6 Å². The van der Waals surface area contributed by atoms with Crippen LogP contribution in [0.25, 0.3) is 0 Å². The summed E-state index contributed by atoms with van der Waals surface area (Å²) in [6.45, 7) is 4.13. The number of amides is 1. The van der Waals surface area contributed by atoms with Crippen molar-refractivity contribution in [3.05, 3.63) is 77.5 Å². The normalized spacial score (nSPS) is 10.3. The average molecular weight is 361 g/mol. The Hall–Kier alpha value is -3.34. The number of aromatic nitrogens is 1. The first-order chi connectivity index (χ1) is 13.0. The molecule has 0 radical (unpaired) electrons. The summed E-state index contributed by atoms with van der Waals surface area (Å²) in [7, 11) is 1.62. The number of benzene rings is 2. The fourth-order valence-electron chi connectivity index (χ4n) is 2.87. The number of pyridine rings is 1. The van der Waals surface area contributed by atoms with E-state index in [9.17, 15) is 4.79 Å². The third-order valence-corrected chi connectivity index (χ3v) is 4.07. The van der Waals surface area contributed by atoms with Crippen molar-refractivity contribution in [2.75, 3.05) is 17.7 Å². The highest BCUT2D eigenvalue weighted by atomic mass is 16.5. The second kappa shape index (κ2) is 8.36. The van der Waals surface area contributed by atoms with Crippen molar-refractivity contribution in [1.29, 1.82) is 0 Å². The molecule has 0 saturated carbocycles. The zero-order valence-electron chi connectivity index (χ0n) is 15.7. The SMILES string of the molecule is COc1ccc(CC(=O)Nc2ccc(Nc3cc(C)cc(C)c3)nc2)cc1. The lowest BCUT2D eigenvalue weighted by molar-refractivity contribution is -0.115. The van der Waals surface area contributed by atoms with Gasteiger partial charge in [0.2, 0.25) is 5.91 Å². The molecule has 5 nitrogen and oxygen atoms in total. The number of ether oxygens (including phenoxy) is 1. The summed E-state index contributed by atoms with van der Waals surface area (Å²) in [6.07, 6.45) is 1.95. The van der Waals surface area contributed by atoms with E-state index in [1.807, 2.05) is 36.4 Å². The highest BCUT2D eigenvalue weighted by Gasteiger charge is 2.05. The first kappa shape index (κ1) is 18.5. The summed E-state index contributed by atoms with van der Waals surface area (Å²) in [6, 6.07) is 17.4. The Bertz CT molecular complexity index is 899. The van der Waals surface area contributed by atoms with Crippen molar-refractivity contribution in [2.24, 2.45) is 0 Å². The lowest BCUT2D eigenvalue weighted by Crippen LogP contribution is -2.14. The van der Waals surface area contributed by atoms with Gasteiger partial charge in [-0.05, 0) is 66.9 Å². The van der Waals surface area contributed by atoms with Crippen LogP contribution in [0.15, 0.2) is 60.8 Å². The second-order valence-corrected chi connectivity index (χ2v) is 6.51. The molecule has 2 aromatic carbocycles. The van der Waals surface area contributed by atoms with Gasteiger partial charge < -0.3 is 15.4 Å². The fraction of sp³-hybridized carbons (Fsp3) is 0.182. The van der Waals surface area contributed by atoms with Gasteiger partial charge in [-0.25, -0.2) is 4.98 Å². The predicted octanol–water partition coefficient (Wildman–Crippen LogP) is 4.63. The topological polar surface area (TPSA) is 63.2 Å². The minimum atomic E-state index is -0.0861. The number of hydrogen-bond donors (Lipinski definition) is 2. The summed E-state index contributed by atoms with van der Waals surface area (Å²) >= 11 is 0. The second-order valence-electron chi connectivity index (χ2n) is 6.51. The van der Waals surface area contributed by atoms with Gasteiger partial charge in [-0.2, -0.15) is 0 Å². The molecule has 138 valence electrons. The summed E-state index contributed by atoms with van der Waals surface area (Å²) in [5.74, 6) is 1.42. The zero-order chi connectivity index (χ0) is 19.2. The van der Waals surface area contributed by atoms with Crippen molar-refractivity contribution in [3.8, 4) is 5.75 Å². The minimum absolute atomic E-state index is 0.0861. The Morgan fingerprint density at radius 1 is 0.963 bits per heavy atom. The molecule has 0 bridgehead atoms. The number of carbonyl (C=O) groups is 1. The number of methoxy groups -OCH3 is 1. The molecule has 0 aliphatic heterocycles. The molecule has 0 fully saturated rings. The van der Waals surface area contributed by atoms with Crippen LogP contribution in [-0.4, -0.2) is 18.0 Å². The van der Waals surface area contributed by atoms with E-state index in [0.29, 0.717) is 12.1 Å². The lowest BCUT2D eigenvalue weighted by atomic mass is 10.1. The van der Waals surface area contributed by atoms with E-state index in [1.54, 1.807) is 13.3 Å². The van der Waals surface area contributed by atoms with Crippen LogP contribution in [0.4, 0.5) is 17.2 Å². The van der Waals surface area contributed by atoms with Crippen LogP contribution in [0.3, 0.4) is 0 Å². The monoisotopic (exact) mass is 361 g/mol. The quantitative estimate of drug-likeness (QED) is 0.672. The van der Waals surface area contributed by atoms with Gasteiger partial charge >= 0.3 is 0 Å². The number of hydrogen-bond acceptors (Lipinski definition) is 4. The largest absolute Gasteiger partial charge is 0.497 e. The van der Waals surface area contributed by atoms with Crippen LogP contribution in [-0.2, 0) is 11.2 Å². The molecular weight excluding hydrogens is 338 g/mol. The standard InChI is InChI=1S/C22H23N3O2/c1-15-10-16(2)12-19(11-15)24-21-9-6-18(14-23-21)25-22(26)13-17-4-7-20(27-3)8-5-17/h4-12,14H,13H2,1-3H3,(H,23,24)(H,25,26). The molecule has 2 N–H and O–H groups in total. The van der Waals surface area contributed by atoms with Crippen LogP contribution in [0, 0.1) is 13.8 Å². The maximum atomic E-state index is 12.2. The van der Waals surface area contributed by atoms with Gasteiger partial charge in [-0.1, -0.05) is 18.2 Å². The highest BCUT2D eigenvalue weighted by Crippen LogP contribution is 2.19. The maximum absolute atomic E-state index is 12.2. The van der Waals surface area contributed by atoms with Gasteiger partial charge in [0.05, 0.1) is 25.4 Å². The summed E-state index contributed by atoms with van der Waals surface area (Å²) in [5.41, 5.74) is 4.98. The van der Waals surface area contributed by atoms with E-state index < -0.39 is 0 Å². The Balaban J connectivity index is 1.58. The van der Waals surface area contributed by atoms with Crippen molar-refractivity contribution in [3.63, 3.8) is 0 Å². The molecule has 5 heteroatoms. The number of nitrogens with one attached hydrogen (secondary N) is 2. The highest BCUT2D eigenvalue weighted by molar-refractivity contribution is 5.92. The van der Waals surface area contributed by atoms with Gasteiger partial charge in [0, 0.05) is 5.69 Å². The molecule has 0 aliphatic carbocycles. The fourth-order valence-corrected chi connectivity index (χ4v) is 2.87. The molecule has 1 aromatic heterocycles. The van der Waals surface area contributed by atoms with E-state index >= 15 is 0 Å². The molecule has 0 aliphatic rings. The molecule has 0 atom stereocenters. The Morgan fingerprint density at radius 3 is 2.26 bits per heavy atom. The van der Waals surface area contributed by atoms with Crippen molar-refractivity contribution >= 4 is 23.1 Å². The number of aryl methyl sites for hydroxylation is 2. The predicted molar refractivity (Wildman–Crippen MR) is 109 cm³/mol. The number of carbonyl (C=O) groups excluding carboxylic acids is 1. The van der Waals surface area contributed by atoms with E-state index in [4.69, 9.17) is 4.74 Å². The van der Waals surface area contributed by atoms with Crippen LogP contribution in [0.2, 0.25) is 0 Å². The van der Waals surface area contributed by atoms with E-state index in [2.05, 4.69) is 47.7 Å². The van der Waals surface area contributed by atoms with Crippen LogP contribution in [0.1, 0.15) is 16.7 Å². The number of rotatable bonds is 6. The molecule has 27 heavy (non-hydrogen) atoms. The van der Waals surface area contributed by atoms with Crippen molar-refractivity contribution in [2.45, 2.75) is 20.3 Å². The minimum Gasteiger partial charge on any atom is -0.497 e. The van der Waals surface area contributed by atoms with Crippen LogP contribution in [0.5, 0.6) is 5.75 Å². The first-order valence-corrected chi connectivity index (χ1v) is 8.76. The van der Waals surface area contributed by atoms with Gasteiger partial charge in [0.25, 0.3) is 0 Å². The average Bonchev–Trinajstić information content (AvgIpc) is 2.63. The third-order valence-electron chi connectivity index (χ3n) is 4.07. The molecule has 0 unspecified atom stereocenters. The van der Waals surface area contributed by atoms with Crippen LogP contribution >= 0.6 is 0 Å². The van der Waals surface area contributed by atoms with E-state index in [0.717, 1.165) is 22.8 Å².